The third-order valence-corrected chi connectivity index (χ3v) is 2.99. The van der Waals surface area contributed by atoms with Crippen LogP contribution in [0.3, 0.4) is 0 Å². The van der Waals surface area contributed by atoms with Crippen LogP contribution in [-0.2, 0) is 9.47 Å². The lowest BCUT2D eigenvalue weighted by atomic mass is 10.0. The molecule has 0 aliphatic carbocycles. The van der Waals surface area contributed by atoms with E-state index >= 15 is 0 Å². The first kappa shape index (κ1) is 19.9. The Kier molecular flexibility index (Phi) is 7.12. The van der Waals surface area contributed by atoms with Gasteiger partial charge in [0, 0.05) is 12.7 Å². The van der Waals surface area contributed by atoms with E-state index in [4.69, 9.17) is 4.74 Å². The zero-order chi connectivity index (χ0) is 18.3. The molecule has 0 aliphatic rings. The van der Waals surface area contributed by atoms with E-state index in [1.807, 2.05) is 0 Å². The molecular weight excluding hydrogens is 316 g/mol. The van der Waals surface area contributed by atoms with E-state index in [1.165, 1.54) is 25.4 Å². The van der Waals surface area contributed by atoms with Crippen molar-refractivity contribution < 1.29 is 29.3 Å². The van der Waals surface area contributed by atoms with Crippen LogP contribution >= 0.6 is 0 Å². The van der Waals surface area contributed by atoms with Gasteiger partial charge >= 0.3 is 12.1 Å². The first-order chi connectivity index (χ1) is 11.1. The van der Waals surface area contributed by atoms with Crippen molar-refractivity contribution in [2.24, 2.45) is 0 Å². The van der Waals surface area contributed by atoms with Crippen molar-refractivity contribution in [3.05, 3.63) is 29.6 Å². The standard InChI is InChI=1S/C16H24N2O6/c1-16(2,3)24-15(22)18-8-6-12(19)13(20)10-5-7-17-11(9-10)14(21)23-4/h5,7,9,12-13,19-20H,6,8H2,1-4H3,(H,18,22). The van der Waals surface area contributed by atoms with Gasteiger partial charge in [0.2, 0.25) is 0 Å². The van der Waals surface area contributed by atoms with Crippen LogP contribution in [0.2, 0.25) is 0 Å². The van der Waals surface area contributed by atoms with E-state index in [1.54, 1.807) is 20.8 Å². The highest BCUT2D eigenvalue weighted by Gasteiger charge is 2.21. The largest absolute Gasteiger partial charge is 0.464 e. The molecule has 8 heteroatoms. The minimum Gasteiger partial charge on any atom is -0.464 e. The summed E-state index contributed by atoms with van der Waals surface area (Å²) >= 11 is 0. The van der Waals surface area contributed by atoms with Crippen molar-refractivity contribution in [1.82, 2.24) is 10.3 Å². The minimum absolute atomic E-state index is 0.0353. The van der Waals surface area contributed by atoms with Crippen LogP contribution < -0.4 is 5.32 Å². The van der Waals surface area contributed by atoms with Gasteiger partial charge in [-0.3, -0.25) is 0 Å². The fraction of sp³-hybridized carbons (Fsp3) is 0.562. The second-order valence-electron chi connectivity index (χ2n) is 6.20. The number of pyridine rings is 1. The molecule has 134 valence electrons. The van der Waals surface area contributed by atoms with Gasteiger partial charge in [-0.05, 0) is 44.9 Å². The number of aromatic nitrogens is 1. The number of nitrogens with zero attached hydrogens (tertiary/aromatic N) is 1. The second-order valence-corrected chi connectivity index (χ2v) is 6.20. The van der Waals surface area contributed by atoms with Gasteiger partial charge in [-0.25, -0.2) is 14.6 Å². The van der Waals surface area contributed by atoms with E-state index in [0.29, 0.717) is 5.56 Å². The molecule has 1 amide bonds. The lowest BCUT2D eigenvalue weighted by Gasteiger charge is -2.21. The average molecular weight is 340 g/mol. The molecule has 0 radical (unpaired) electrons. The molecule has 0 aliphatic heterocycles. The maximum absolute atomic E-state index is 11.5. The van der Waals surface area contributed by atoms with Crippen LogP contribution in [0, 0.1) is 0 Å². The summed E-state index contributed by atoms with van der Waals surface area (Å²) in [6.45, 7) is 5.36. The van der Waals surface area contributed by atoms with Crippen molar-refractivity contribution in [2.75, 3.05) is 13.7 Å². The number of carbonyl (C=O) groups excluding carboxylic acids is 2. The molecule has 0 saturated heterocycles. The molecule has 0 fully saturated rings. The number of amides is 1. The number of hydrogen-bond donors (Lipinski definition) is 3. The first-order valence-electron chi connectivity index (χ1n) is 7.51. The SMILES string of the molecule is COC(=O)c1cc(C(O)C(O)CCNC(=O)OC(C)(C)C)ccn1. The molecule has 2 atom stereocenters. The summed E-state index contributed by atoms with van der Waals surface area (Å²) in [5.74, 6) is -0.634. The van der Waals surface area contributed by atoms with Crippen molar-refractivity contribution in [1.29, 1.82) is 0 Å². The average Bonchev–Trinajstić information content (AvgIpc) is 2.51. The van der Waals surface area contributed by atoms with Crippen LogP contribution in [0.5, 0.6) is 0 Å². The van der Waals surface area contributed by atoms with Crippen molar-refractivity contribution in [2.45, 2.75) is 45.0 Å². The summed E-state index contributed by atoms with van der Waals surface area (Å²) in [4.78, 5) is 26.8. The zero-order valence-electron chi connectivity index (χ0n) is 14.3. The highest BCUT2D eigenvalue weighted by atomic mass is 16.6. The van der Waals surface area contributed by atoms with Crippen molar-refractivity contribution >= 4 is 12.1 Å². The number of esters is 1. The number of alkyl carbamates (subject to hydrolysis) is 1. The first-order valence-corrected chi connectivity index (χ1v) is 7.51. The highest BCUT2D eigenvalue weighted by Crippen LogP contribution is 2.19. The Labute approximate surface area is 140 Å². The number of methoxy groups -OCH3 is 1. The van der Waals surface area contributed by atoms with Gasteiger partial charge in [-0.1, -0.05) is 0 Å². The third-order valence-electron chi connectivity index (χ3n) is 2.99. The second kappa shape index (κ2) is 8.60. The van der Waals surface area contributed by atoms with E-state index in [-0.39, 0.29) is 18.7 Å². The summed E-state index contributed by atoms with van der Waals surface area (Å²) in [6, 6.07) is 2.84. The predicted octanol–water partition coefficient (Wildman–Crippen LogP) is 1.18. The quantitative estimate of drug-likeness (QED) is 0.665. The number of rotatable bonds is 6. The summed E-state index contributed by atoms with van der Waals surface area (Å²) in [7, 11) is 1.23. The smallest absolute Gasteiger partial charge is 0.407 e. The van der Waals surface area contributed by atoms with Crippen LogP contribution in [0.25, 0.3) is 0 Å². The summed E-state index contributed by atoms with van der Waals surface area (Å²) in [6.07, 6.45) is -1.50. The fourth-order valence-corrected chi connectivity index (χ4v) is 1.86. The van der Waals surface area contributed by atoms with Gasteiger partial charge in [0.1, 0.15) is 17.4 Å². The van der Waals surface area contributed by atoms with Crippen LogP contribution in [0.1, 0.15) is 49.3 Å². The van der Waals surface area contributed by atoms with E-state index in [0.717, 1.165) is 0 Å². The van der Waals surface area contributed by atoms with Gasteiger partial charge in [0.05, 0.1) is 13.2 Å². The Bertz CT molecular complexity index is 570. The number of aliphatic hydroxyl groups is 2. The normalized spacial score (nSPS) is 13.8. The lowest BCUT2D eigenvalue weighted by Crippen LogP contribution is -2.34. The van der Waals surface area contributed by atoms with Gasteiger partial charge in [-0.2, -0.15) is 0 Å². The molecule has 3 N–H and O–H groups in total. The number of ether oxygens (including phenoxy) is 2. The van der Waals surface area contributed by atoms with Crippen LogP contribution in [0.4, 0.5) is 4.79 Å². The number of aliphatic hydroxyl groups excluding tert-OH is 2. The van der Waals surface area contributed by atoms with Crippen molar-refractivity contribution in [3.63, 3.8) is 0 Å². The van der Waals surface area contributed by atoms with Crippen LogP contribution in [0.15, 0.2) is 18.3 Å². The fourth-order valence-electron chi connectivity index (χ4n) is 1.86. The molecule has 0 saturated carbocycles. The lowest BCUT2D eigenvalue weighted by molar-refractivity contribution is 0.0121. The molecule has 1 rings (SSSR count). The molecule has 0 aromatic carbocycles. The Morgan fingerprint density at radius 3 is 2.58 bits per heavy atom. The Morgan fingerprint density at radius 2 is 2.00 bits per heavy atom. The summed E-state index contributed by atoms with van der Waals surface area (Å²) < 4.78 is 9.62. The van der Waals surface area contributed by atoms with Crippen LogP contribution in [-0.4, -0.2) is 52.6 Å². The van der Waals surface area contributed by atoms with E-state index in [2.05, 4.69) is 15.0 Å². The third kappa shape index (κ3) is 6.51. The molecule has 1 aromatic heterocycles. The maximum Gasteiger partial charge on any atom is 0.407 e. The topological polar surface area (TPSA) is 118 Å². The molecule has 0 spiro atoms. The Balaban J connectivity index is 2.54. The molecule has 0 bridgehead atoms. The summed E-state index contributed by atoms with van der Waals surface area (Å²) in [5.41, 5.74) is -0.243. The molecule has 1 aromatic rings. The molecule has 1 heterocycles. The van der Waals surface area contributed by atoms with Gasteiger partial charge in [-0.15, -0.1) is 0 Å². The molecule has 2 unspecified atom stereocenters. The van der Waals surface area contributed by atoms with E-state index < -0.39 is 29.9 Å². The summed E-state index contributed by atoms with van der Waals surface area (Å²) in [5, 5.41) is 22.7. The maximum atomic E-state index is 11.5. The number of carbonyl (C=O) groups is 2. The molecular formula is C16H24N2O6. The monoisotopic (exact) mass is 340 g/mol. The van der Waals surface area contributed by atoms with E-state index in [9.17, 15) is 19.8 Å². The van der Waals surface area contributed by atoms with Crippen molar-refractivity contribution in [3.8, 4) is 0 Å². The van der Waals surface area contributed by atoms with Gasteiger partial charge < -0.3 is 25.0 Å². The van der Waals surface area contributed by atoms with Gasteiger partial charge in [0.15, 0.2) is 0 Å². The minimum atomic E-state index is -1.23. The number of hydrogen-bond acceptors (Lipinski definition) is 7. The molecule has 8 nitrogen and oxygen atoms in total. The Hall–Kier alpha value is -2.19. The Morgan fingerprint density at radius 1 is 1.33 bits per heavy atom. The zero-order valence-corrected chi connectivity index (χ0v) is 14.3. The highest BCUT2D eigenvalue weighted by molar-refractivity contribution is 5.87. The number of nitrogens with one attached hydrogen (secondary N) is 1. The van der Waals surface area contributed by atoms with Gasteiger partial charge in [0.25, 0.3) is 0 Å². The molecule has 24 heavy (non-hydrogen) atoms. The predicted molar refractivity (Wildman–Crippen MR) is 85.4 cm³/mol.